The minimum atomic E-state index is -1.64. The molecule has 0 heterocycles. The molecule has 0 aliphatic heterocycles. The van der Waals surface area contributed by atoms with E-state index in [9.17, 15) is 31.9 Å². The number of carbonyl (C=O) groups is 3. The first-order valence-corrected chi connectivity index (χ1v) is 12.4. The second-order valence-corrected chi connectivity index (χ2v) is 10.8. The highest BCUT2D eigenvalue weighted by Crippen LogP contribution is 2.65. The molecule has 0 radical (unpaired) electrons. The molecule has 0 spiro atoms. The summed E-state index contributed by atoms with van der Waals surface area (Å²) in [5.41, 5.74) is -2.31. The van der Waals surface area contributed by atoms with Crippen molar-refractivity contribution in [2.45, 2.75) is 17.2 Å². The van der Waals surface area contributed by atoms with E-state index < -0.39 is 74.1 Å². The van der Waals surface area contributed by atoms with E-state index in [2.05, 4.69) is 10.6 Å². The van der Waals surface area contributed by atoms with Crippen LogP contribution in [0.3, 0.4) is 0 Å². The normalized spacial score (nSPS) is 17.4. The Morgan fingerprint density at radius 2 is 1.51 bits per heavy atom. The van der Waals surface area contributed by atoms with Gasteiger partial charge in [0.2, 0.25) is 11.8 Å². The third-order valence-electron chi connectivity index (χ3n) is 5.82. The van der Waals surface area contributed by atoms with Crippen molar-refractivity contribution in [2.24, 2.45) is 5.92 Å². The molecule has 3 aromatic rings. The Kier molecular flexibility index (Phi) is 8.05. The predicted molar refractivity (Wildman–Crippen MR) is 141 cm³/mol. The van der Waals surface area contributed by atoms with Gasteiger partial charge in [0.15, 0.2) is 17.5 Å². The third-order valence-corrected chi connectivity index (χ3v) is 7.50. The van der Waals surface area contributed by atoms with Crippen molar-refractivity contribution in [3.05, 3.63) is 86.9 Å². The van der Waals surface area contributed by atoms with Crippen molar-refractivity contribution in [1.29, 1.82) is 0 Å². The van der Waals surface area contributed by atoms with E-state index in [0.717, 1.165) is 25.1 Å². The second kappa shape index (κ2) is 10.8. The van der Waals surface area contributed by atoms with Crippen molar-refractivity contribution in [3.63, 3.8) is 0 Å². The molecule has 1 unspecified atom stereocenters. The monoisotopic (exact) mass is 621 g/mol. The number of benzene rings is 3. The van der Waals surface area contributed by atoms with Crippen molar-refractivity contribution in [3.8, 4) is 0 Å². The van der Waals surface area contributed by atoms with Crippen LogP contribution in [0.5, 0.6) is 0 Å². The van der Waals surface area contributed by atoms with Gasteiger partial charge in [0, 0.05) is 24.6 Å². The lowest BCUT2D eigenvalue weighted by molar-refractivity contribution is -0.117. The zero-order valence-corrected chi connectivity index (χ0v) is 22.5. The van der Waals surface area contributed by atoms with Gasteiger partial charge in [0.25, 0.3) is 5.91 Å². The molecule has 14 heteroatoms. The summed E-state index contributed by atoms with van der Waals surface area (Å²) in [6.45, 7) is 1.08. The van der Waals surface area contributed by atoms with Crippen molar-refractivity contribution >= 4 is 81.2 Å². The first-order chi connectivity index (χ1) is 18.2. The van der Waals surface area contributed by atoms with Gasteiger partial charge in [0.1, 0.15) is 15.8 Å². The highest BCUT2D eigenvalue weighted by molar-refractivity contribution is 6.53. The van der Waals surface area contributed by atoms with E-state index in [1.165, 1.54) is 12.1 Å². The van der Waals surface area contributed by atoms with E-state index >= 15 is 0 Å². The number of amides is 3. The number of hydrogen-bond acceptors (Lipinski definition) is 3. The molecule has 204 valence electrons. The first-order valence-electron chi connectivity index (χ1n) is 10.9. The number of anilines is 3. The molecule has 3 aromatic carbocycles. The molecule has 1 aliphatic carbocycles. The van der Waals surface area contributed by atoms with Crippen LogP contribution in [0, 0.1) is 29.2 Å². The smallest absolute Gasteiger partial charge is 0.258 e. The molecule has 3 N–H and O–H groups in total. The fourth-order valence-corrected chi connectivity index (χ4v) is 5.09. The van der Waals surface area contributed by atoms with Crippen LogP contribution >= 0.6 is 46.4 Å². The second-order valence-electron chi connectivity index (χ2n) is 8.53. The molecular weight excluding hydrogens is 608 g/mol. The minimum absolute atomic E-state index is 0.205. The largest absolute Gasteiger partial charge is 0.326 e. The number of carbonyl (C=O) groups excluding carboxylic acids is 3. The molecule has 1 fully saturated rings. The lowest BCUT2D eigenvalue weighted by atomic mass is 10.1. The van der Waals surface area contributed by atoms with E-state index in [4.69, 9.17) is 46.4 Å². The summed E-state index contributed by atoms with van der Waals surface area (Å²) in [6, 6.07) is 7.58. The Morgan fingerprint density at radius 1 is 0.821 bits per heavy atom. The number of rotatable bonds is 6. The summed E-state index contributed by atoms with van der Waals surface area (Å²) >= 11 is 24.5. The summed E-state index contributed by atoms with van der Waals surface area (Å²) in [7, 11) is 0. The Hall–Kier alpha value is -3.05. The van der Waals surface area contributed by atoms with Gasteiger partial charge in [-0.1, -0.05) is 29.3 Å². The van der Waals surface area contributed by atoms with Gasteiger partial charge in [-0.15, -0.1) is 23.2 Å². The van der Waals surface area contributed by atoms with Crippen LogP contribution in [0.25, 0.3) is 0 Å². The van der Waals surface area contributed by atoms with Gasteiger partial charge in [-0.2, -0.15) is 0 Å². The van der Waals surface area contributed by atoms with Gasteiger partial charge in [-0.05, 0) is 35.9 Å². The summed E-state index contributed by atoms with van der Waals surface area (Å²) in [5, 5.41) is 6.71. The molecule has 39 heavy (non-hydrogen) atoms. The van der Waals surface area contributed by atoms with Gasteiger partial charge >= 0.3 is 0 Å². The zero-order chi connectivity index (χ0) is 28.8. The topological polar surface area (TPSA) is 87.3 Å². The standard InChI is InChI=1S/C25H15Cl4F4N3O3/c1-9(37)34-17-5-4-15(30)22(21(17)33)36-23(38)12-7-11(8-16(31)20(12)32)35-24(39)19-18(25(19,28)29)10-2-3-13(26)14(27)6-10/h2-8,18-19H,1H3,(H,34,37)(H,35,39)(H,36,38)/t18-,19?/m0/s1. The summed E-state index contributed by atoms with van der Waals surface area (Å²) in [4.78, 5) is 36.8. The number of alkyl halides is 2. The number of hydrogen-bond donors (Lipinski definition) is 3. The van der Waals surface area contributed by atoms with Gasteiger partial charge in [0.05, 0.1) is 27.2 Å². The summed E-state index contributed by atoms with van der Waals surface area (Å²) in [6.07, 6.45) is 0. The number of nitrogens with one attached hydrogen (secondary N) is 3. The SMILES string of the molecule is CC(=O)Nc1ccc(F)c(NC(=O)c2cc(NC(=O)C3[C@H](c4ccc(Cl)c(Cl)c4)C3(Cl)Cl)cc(F)c2F)c1F. The fraction of sp³-hybridized carbons (Fsp3) is 0.160. The van der Waals surface area contributed by atoms with E-state index in [-0.39, 0.29) is 15.7 Å². The van der Waals surface area contributed by atoms with Crippen molar-refractivity contribution in [2.75, 3.05) is 16.0 Å². The summed E-state index contributed by atoms with van der Waals surface area (Å²) in [5.74, 6) is -10.4. The van der Waals surface area contributed by atoms with Crippen LogP contribution in [0.2, 0.25) is 10.0 Å². The Labute approximate surface area is 238 Å². The Morgan fingerprint density at radius 3 is 2.15 bits per heavy atom. The molecule has 0 saturated heterocycles. The van der Waals surface area contributed by atoms with Crippen LogP contribution in [0.15, 0.2) is 42.5 Å². The maximum atomic E-state index is 14.7. The maximum Gasteiger partial charge on any atom is 0.258 e. The van der Waals surface area contributed by atoms with Crippen LogP contribution in [0.4, 0.5) is 34.6 Å². The maximum absolute atomic E-state index is 14.7. The average molecular weight is 623 g/mol. The van der Waals surface area contributed by atoms with Crippen LogP contribution in [-0.2, 0) is 9.59 Å². The highest BCUT2D eigenvalue weighted by Gasteiger charge is 2.67. The van der Waals surface area contributed by atoms with E-state index in [0.29, 0.717) is 11.6 Å². The van der Waals surface area contributed by atoms with Crippen LogP contribution in [0.1, 0.15) is 28.8 Å². The van der Waals surface area contributed by atoms with E-state index in [1.807, 2.05) is 5.32 Å². The quantitative estimate of drug-likeness (QED) is 0.199. The molecule has 4 rings (SSSR count). The Balaban J connectivity index is 1.57. The van der Waals surface area contributed by atoms with Crippen molar-refractivity contribution in [1.82, 2.24) is 0 Å². The van der Waals surface area contributed by atoms with Crippen LogP contribution in [-0.4, -0.2) is 22.1 Å². The molecule has 0 bridgehead atoms. The van der Waals surface area contributed by atoms with E-state index in [1.54, 1.807) is 6.07 Å². The third kappa shape index (κ3) is 5.79. The predicted octanol–water partition coefficient (Wildman–Crippen LogP) is 7.29. The van der Waals surface area contributed by atoms with Gasteiger partial charge in [-0.25, -0.2) is 17.6 Å². The fourth-order valence-electron chi connectivity index (χ4n) is 3.95. The zero-order valence-electron chi connectivity index (χ0n) is 19.4. The molecular formula is C25H15Cl4F4N3O3. The first kappa shape index (κ1) is 28.9. The molecule has 1 saturated carbocycles. The lowest BCUT2D eigenvalue weighted by Crippen LogP contribution is -2.20. The molecule has 3 amide bonds. The average Bonchev–Trinajstić information content (AvgIpc) is 3.44. The van der Waals surface area contributed by atoms with Crippen molar-refractivity contribution < 1.29 is 31.9 Å². The lowest BCUT2D eigenvalue weighted by Gasteiger charge is -2.13. The Bertz CT molecular complexity index is 1540. The highest BCUT2D eigenvalue weighted by atomic mass is 35.5. The molecule has 0 aromatic heterocycles. The molecule has 1 aliphatic rings. The van der Waals surface area contributed by atoms with Gasteiger partial charge < -0.3 is 16.0 Å². The molecule has 6 nitrogen and oxygen atoms in total. The minimum Gasteiger partial charge on any atom is -0.326 e. The molecule has 2 atom stereocenters. The van der Waals surface area contributed by atoms with Gasteiger partial charge in [-0.3, -0.25) is 14.4 Å². The summed E-state index contributed by atoms with van der Waals surface area (Å²) < 4.78 is 56.2. The number of halogens is 8. The van der Waals surface area contributed by atoms with Crippen LogP contribution < -0.4 is 16.0 Å².